The third kappa shape index (κ3) is 5.15. The fourth-order valence-electron chi connectivity index (χ4n) is 3.74. The van der Waals surface area contributed by atoms with Crippen LogP contribution in [0.2, 0.25) is 0 Å². The van der Waals surface area contributed by atoms with Crippen molar-refractivity contribution in [3.8, 4) is 0 Å². The third-order valence-corrected chi connectivity index (χ3v) is 5.02. The van der Waals surface area contributed by atoms with E-state index in [9.17, 15) is 9.59 Å². The van der Waals surface area contributed by atoms with Gasteiger partial charge < -0.3 is 15.0 Å². The van der Waals surface area contributed by atoms with Crippen LogP contribution in [0.1, 0.15) is 52.9 Å². The Hall–Kier alpha value is -2.24. The fraction of sp³-hybridized carbons (Fsp3) is 0.619. The predicted octanol–water partition coefficient (Wildman–Crippen LogP) is 4.01. The van der Waals surface area contributed by atoms with Crippen molar-refractivity contribution in [3.63, 3.8) is 0 Å². The number of nitrogens with one attached hydrogen (secondary N) is 1. The predicted molar refractivity (Wildman–Crippen MR) is 107 cm³/mol. The van der Waals surface area contributed by atoms with Crippen LogP contribution in [0.5, 0.6) is 0 Å². The maximum absolute atomic E-state index is 12.8. The van der Waals surface area contributed by atoms with E-state index in [-0.39, 0.29) is 5.91 Å². The molecule has 1 unspecified atom stereocenters. The molecule has 2 aliphatic rings. The third-order valence-electron chi connectivity index (χ3n) is 5.02. The van der Waals surface area contributed by atoms with Gasteiger partial charge in [0.2, 0.25) is 5.91 Å². The molecule has 2 amide bonds. The number of carbonyl (C=O) groups excluding carboxylic acids is 2. The van der Waals surface area contributed by atoms with Crippen molar-refractivity contribution < 1.29 is 14.3 Å². The molecule has 2 saturated heterocycles. The summed E-state index contributed by atoms with van der Waals surface area (Å²) in [6.07, 6.45) is 4.77. The van der Waals surface area contributed by atoms with E-state index < -0.39 is 17.7 Å². The number of nitrogens with zero attached hydrogens (tertiary/aromatic N) is 2. The lowest BCUT2D eigenvalue weighted by Crippen LogP contribution is -2.45. The van der Waals surface area contributed by atoms with Gasteiger partial charge in [0.05, 0.1) is 0 Å². The largest absolute Gasteiger partial charge is 0.444 e. The van der Waals surface area contributed by atoms with Gasteiger partial charge in [-0.25, -0.2) is 4.79 Å². The Kier molecular flexibility index (Phi) is 5.92. The van der Waals surface area contributed by atoms with Crippen LogP contribution in [0.4, 0.5) is 16.2 Å². The first-order valence-electron chi connectivity index (χ1n) is 9.99. The van der Waals surface area contributed by atoms with Crippen LogP contribution in [-0.4, -0.2) is 48.2 Å². The number of ether oxygens (including phenoxy) is 1. The second-order valence-electron chi connectivity index (χ2n) is 8.42. The van der Waals surface area contributed by atoms with Crippen molar-refractivity contribution in [1.29, 1.82) is 0 Å². The van der Waals surface area contributed by atoms with Gasteiger partial charge in [-0.15, -0.1) is 0 Å². The van der Waals surface area contributed by atoms with Crippen LogP contribution in [0, 0.1) is 0 Å². The van der Waals surface area contributed by atoms with Gasteiger partial charge in [0.25, 0.3) is 0 Å². The van der Waals surface area contributed by atoms with Gasteiger partial charge in [-0.1, -0.05) is 6.07 Å². The van der Waals surface area contributed by atoms with Gasteiger partial charge in [-0.05, 0) is 71.1 Å². The molecule has 0 bridgehead atoms. The Morgan fingerprint density at radius 2 is 1.81 bits per heavy atom. The molecular formula is C21H31N3O3. The van der Waals surface area contributed by atoms with E-state index in [0.717, 1.165) is 30.9 Å². The summed E-state index contributed by atoms with van der Waals surface area (Å²) in [7, 11) is 0. The first-order chi connectivity index (χ1) is 12.8. The number of likely N-dealkylation sites (tertiary alicyclic amines) is 1. The Balaban J connectivity index is 1.65. The highest BCUT2D eigenvalue weighted by Gasteiger charge is 2.36. The minimum atomic E-state index is -0.566. The fourth-order valence-corrected chi connectivity index (χ4v) is 3.74. The Morgan fingerprint density at radius 1 is 1.07 bits per heavy atom. The molecule has 6 heteroatoms. The van der Waals surface area contributed by atoms with Gasteiger partial charge in [-0.2, -0.15) is 0 Å². The second kappa shape index (κ2) is 8.19. The minimum absolute atomic E-state index is 0.144. The van der Waals surface area contributed by atoms with Crippen LogP contribution >= 0.6 is 0 Å². The minimum Gasteiger partial charge on any atom is -0.444 e. The molecule has 1 N–H and O–H groups in total. The van der Waals surface area contributed by atoms with Crippen molar-refractivity contribution >= 4 is 23.4 Å². The average molecular weight is 373 g/mol. The van der Waals surface area contributed by atoms with E-state index in [2.05, 4.69) is 16.3 Å². The number of piperidine rings is 1. The van der Waals surface area contributed by atoms with E-state index in [1.807, 2.05) is 39.0 Å². The Morgan fingerprint density at radius 3 is 2.52 bits per heavy atom. The zero-order chi connectivity index (χ0) is 19.4. The topological polar surface area (TPSA) is 61.9 Å². The Bertz CT molecular complexity index is 677. The number of rotatable bonds is 3. The van der Waals surface area contributed by atoms with E-state index in [0.29, 0.717) is 13.0 Å². The molecule has 2 heterocycles. The summed E-state index contributed by atoms with van der Waals surface area (Å²) in [6.45, 7) is 8.19. The molecule has 148 valence electrons. The molecule has 0 spiro atoms. The zero-order valence-corrected chi connectivity index (χ0v) is 16.7. The monoisotopic (exact) mass is 373 g/mol. The Labute approximate surface area is 161 Å². The molecule has 0 radical (unpaired) electrons. The van der Waals surface area contributed by atoms with Gasteiger partial charge >= 0.3 is 6.09 Å². The molecule has 0 aromatic heterocycles. The first kappa shape index (κ1) is 19.5. The van der Waals surface area contributed by atoms with Gasteiger partial charge in [0.15, 0.2) is 0 Å². The molecule has 1 aromatic rings. The number of amides is 2. The van der Waals surface area contributed by atoms with Crippen molar-refractivity contribution in [2.24, 2.45) is 0 Å². The highest BCUT2D eigenvalue weighted by Crippen LogP contribution is 2.25. The molecule has 1 atom stereocenters. The number of anilines is 2. The summed E-state index contributed by atoms with van der Waals surface area (Å²) < 4.78 is 5.45. The number of hydrogen-bond acceptors (Lipinski definition) is 4. The summed E-state index contributed by atoms with van der Waals surface area (Å²) >= 11 is 0. The van der Waals surface area contributed by atoms with E-state index in [4.69, 9.17) is 4.74 Å². The standard InChI is InChI=1S/C21H31N3O3/c1-21(2,3)27-20(26)24-14-8-11-18(24)19(25)22-16-9-7-10-17(15-16)23-12-5-4-6-13-23/h7,9-10,15,18H,4-6,8,11-14H2,1-3H3,(H,22,25). The summed E-state index contributed by atoms with van der Waals surface area (Å²) in [5, 5.41) is 3.00. The first-order valence-corrected chi connectivity index (χ1v) is 9.99. The van der Waals surface area contributed by atoms with E-state index >= 15 is 0 Å². The molecule has 0 saturated carbocycles. The van der Waals surface area contributed by atoms with E-state index in [1.54, 1.807) is 4.90 Å². The summed E-state index contributed by atoms with van der Waals surface area (Å²) in [4.78, 5) is 29.1. The van der Waals surface area contributed by atoms with Gasteiger partial charge in [0.1, 0.15) is 11.6 Å². The smallest absolute Gasteiger partial charge is 0.410 e. The molecule has 6 nitrogen and oxygen atoms in total. The SMILES string of the molecule is CC(C)(C)OC(=O)N1CCCC1C(=O)Nc1cccc(N2CCCCC2)c1. The quantitative estimate of drug-likeness (QED) is 0.869. The van der Waals surface area contributed by atoms with Gasteiger partial charge in [-0.3, -0.25) is 9.69 Å². The van der Waals surface area contributed by atoms with Crippen LogP contribution in [0.15, 0.2) is 24.3 Å². The van der Waals surface area contributed by atoms with Crippen LogP contribution in [0.25, 0.3) is 0 Å². The van der Waals surface area contributed by atoms with E-state index in [1.165, 1.54) is 19.3 Å². The number of benzene rings is 1. The molecular weight excluding hydrogens is 342 g/mol. The van der Waals surface area contributed by atoms with Crippen molar-refractivity contribution in [1.82, 2.24) is 4.90 Å². The van der Waals surface area contributed by atoms with Crippen LogP contribution in [-0.2, 0) is 9.53 Å². The summed E-state index contributed by atoms with van der Waals surface area (Å²) in [5.74, 6) is -0.144. The molecule has 2 aliphatic heterocycles. The normalized spacial score (nSPS) is 20.5. The van der Waals surface area contributed by atoms with Crippen molar-refractivity contribution in [2.45, 2.75) is 64.5 Å². The lowest BCUT2D eigenvalue weighted by Gasteiger charge is -2.29. The lowest BCUT2D eigenvalue weighted by molar-refractivity contribution is -0.120. The van der Waals surface area contributed by atoms with Crippen LogP contribution in [0.3, 0.4) is 0 Å². The van der Waals surface area contributed by atoms with Gasteiger partial charge in [0, 0.05) is 31.0 Å². The molecule has 1 aromatic carbocycles. The highest BCUT2D eigenvalue weighted by molar-refractivity contribution is 5.97. The summed E-state index contributed by atoms with van der Waals surface area (Å²) in [6, 6.07) is 7.51. The number of hydrogen-bond donors (Lipinski definition) is 1. The summed E-state index contributed by atoms with van der Waals surface area (Å²) in [5.41, 5.74) is 1.35. The van der Waals surface area contributed by atoms with Crippen molar-refractivity contribution in [3.05, 3.63) is 24.3 Å². The maximum atomic E-state index is 12.8. The molecule has 3 rings (SSSR count). The molecule has 2 fully saturated rings. The maximum Gasteiger partial charge on any atom is 0.410 e. The molecule has 0 aliphatic carbocycles. The zero-order valence-electron chi connectivity index (χ0n) is 16.7. The van der Waals surface area contributed by atoms with Crippen LogP contribution < -0.4 is 10.2 Å². The van der Waals surface area contributed by atoms with Crippen molar-refractivity contribution in [2.75, 3.05) is 29.9 Å². The second-order valence-corrected chi connectivity index (χ2v) is 8.42. The highest BCUT2D eigenvalue weighted by atomic mass is 16.6. The number of carbonyl (C=O) groups is 2. The molecule has 27 heavy (non-hydrogen) atoms. The lowest BCUT2D eigenvalue weighted by atomic mass is 10.1. The average Bonchev–Trinajstić information content (AvgIpc) is 3.11.